The van der Waals surface area contributed by atoms with Crippen LogP contribution in [0.25, 0.3) is 0 Å². The van der Waals surface area contributed by atoms with Crippen LogP contribution in [0.3, 0.4) is 0 Å². The molecule has 10 heteroatoms. The molecule has 0 unspecified atom stereocenters. The molecular formula is C15H11F5O4S. The first-order valence-electron chi connectivity index (χ1n) is 6.72. The van der Waals surface area contributed by atoms with Crippen LogP contribution in [0.5, 0.6) is 11.5 Å². The van der Waals surface area contributed by atoms with E-state index in [0.717, 1.165) is 24.3 Å². The zero-order valence-electron chi connectivity index (χ0n) is 12.3. The van der Waals surface area contributed by atoms with Gasteiger partial charge in [0.2, 0.25) is 0 Å². The van der Waals surface area contributed by atoms with E-state index in [2.05, 4.69) is 8.92 Å². The third kappa shape index (κ3) is 4.81. The Labute approximate surface area is 139 Å². The molecule has 0 atom stereocenters. The van der Waals surface area contributed by atoms with Crippen LogP contribution in [-0.2, 0) is 16.3 Å². The largest absolute Gasteiger partial charge is 0.484 e. The van der Waals surface area contributed by atoms with Crippen LogP contribution in [0.1, 0.15) is 5.56 Å². The molecule has 0 aliphatic rings. The van der Waals surface area contributed by atoms with Crippen LogP contribution in [0.4, 0.5) is 22.0 Å². The van der Waals surface area contributed by atoms with Crippen molar-refractivity contribution in [2.24, 2.45) is 0 Å². The fraction of sp³-hybridized carbons (Fsp3) is 0.200. The van der Waals surface area contributed by atoms with E-state index in [0.29, 0.717) is 6.07 Å². The van der Waals surface area contributed by atoms with Crippen molar-refractivity contribution in [1.82, 2.24) is 0 Å². The van der Waals surface area contributed by atoms with Crippen LogP contribution < -0.4 is 8.92 Å². The minimum absolute atomic E-state index is 0.396. The molecule has 136 valence electrons. The summed E-state index contributed by atoms with van der Waals surface area (Å²) in [6, 6.07) is 8.79. The molecule has 2 aromatic rings. The van der Waals surface area contributed by atoms with Crippen LogP contribution in [0, 0.1) is 0 Å². The highest BCUT2D eigenvalue weighted by Crippen LogP contribution is 2.42. The smallest absolute Gasteiger partial charge is 0.420 e. The van der Waals surface area contributed by atoms with Crippen LogP contribution >= 0.6 is 0 Å². The quantitative estimate of drug-likeness (QED) is 0.557. The molecule has 0 saturated carbocycles. The van der Waals surface area contributed by atoms with Crippen molar-refractivity contribution in [3.05, 3.63) is 54.1 Å². The standard InChI is InChI=1S/C15H11F5O4S/c16-13(17)9-23-12-8-4-7-11(15(18,19)20)14(12)24-25(21,22)10-5-2-1-3-6-10/h1-8,13H,9H2. The predicted octanol–water partition coefficient (Wildman–Crippen LogP) is 4.12. The van der Waals surface area contributed by atoms with E-state index >= 15 is 0 Å². The van der Waals surface area contributed by atoms with Gasteiger partial charge < -0.3 is 8.92 Å². The van der Waals surface area contributed by atoms with Gasteiger partial charge in [-0.05, 0) is 24.3 Å². The molecule has 0 bridgehead atoms. The highest BCUT2D eigenvalue weighted by Gasteiger charge is 2.37. The van der Waals surface area contributed by atoms with Gasteiger partial charge in [-0.15, -0.1) is 0 Å². The molecule has 0 aliphatic carbocycles. The average molecular weight is 382 g/mol. The molecule has 2 aromatic carbocycles. The third-order valence-electron chi connectivity index (χ3n) is 2.87. The lowest BCUT2D eigenvalue weighted by molar-refractivity contribution is -0.138. The summed E-state index contributed by atoms with van der Waals surface area (Å²) < 4.78 is 97.5. The maximum atomic E-state index is 13.1. The summed E-state index contributed by atoms with van der Waals surface area (Å²) in [5, 5.41) is 0. The van der Waals surface area contributed by atoms with Crippen LogP contribution in [0.15, 0.2) is 53.4 Å². The Morgan fingerprint density at radius 3 is 2.16 bits per heavy atom. The highest BCUT2D eigenvalue weighted by molar-refractivity contribution is 7.87. The molecule has 0 radical (unpaired) electrons. The molecule has 0 spiro atoms. The van der Waals surface area contributed by atoms with Gasteiger partial charge in [0.25, 0.3) is 6.43 Å². The summed E-state index contributed by atoms with van der Waals surface area (Å²) in [6.45, 7) is -1.22. The Bertz CT molecular complexity index is 820. The first-order chi connectivity index (χ1) is 11.6. The Balaban J connectivity index is 2.50. The van der Waals surface area contributed by atoms with E-state index in [-0.39, 0.29) is 0 Å². The molecule has 0 amide bonds. The topological polar surface area (TPSA) is 52.6 Å². The minimum Gasteiger partial charge on any atom is -0.484 e. The number of para-hydroxylation sites is 1. The van der Waals surface area contributed by atoms with Crippen molar-refractivity contribution < 1.29 is 39.3 Å². The second-order valence-electron chi connectivity index (χ2n) is 4.68. The number of benzene rings is 2. The highest BCUT2D eigenvalue weighted by atomic mass is 32.2. The molecule has 0 fully saturated rings. The van der Waals surface area contributed by atoms with Gasteiger partial charge in [-0.25, -0.2) is 8.78 Å². The van der Waals surface area contributed by atoms with Crippen LogP contribution in [0.2, 0.25) is 0 Å². The molecule has 0 saturated heterocycles. The second-order valence-corrected chi connectivity index (χ2v) is 6.23. The van der Waals surface area contributed by atoms with E-state index < -0.39 is 51.3 Å². The van der Waals surface area contributed by atoms with Gasteiger partial charge in [-0.2, -0.15) is 21.6 Å². The zero-order valence-corrected chi connectivity index (χ0v) is 13.2. The monoisotopic (exact) mass is 382 g/mol. The Morgan fingerprint density at radius 2 is 1.60 bits per heavy atom. The van der Waals surface area contributed by atoms with Crippen molar-refractivity contribution >= 4 is 10.1 Å². The van der Waals surface area contributed by atoms with Gasteiger partial charge in [0.05, 0.1) is 0 Å². The van der Waals surface area contributed by atoms with E-state index in [1.807, 2.05) is 0 Å². The third-order valence-corrected chi connectivity index (χ3v) is 4.11. The van der Waals surface area contributed by atoms with E-state index in [1.54, 1.807) is 0 Å². The Kier molecular flexibility index (Phi) is 5.51. The maximum absolute atomic E-state index is 13.1. The Hall–Kier alpha value is -2.36. The van der Waals surface area contributed by atoms with E-state index in [9.17, 15) is 30.4 Å². The van der Waals surface area contributed by atoms with Gasteiger partial charge in [-0.1, -0.05) is 24.3 Å². The number of hydrogen-bond donors (Lipinski definition) is 0. The summed E-state index contributed by atoms with van der Waals surface area (Å²) in [5.74, 6) is -1.95. The fourth-order valence-electron chi connectivity index (χ4n) is 1.84. The molecule has 2 rings (SSSR count). The lowest BCUT2D eigenvalue weighted by Gasteiger charge is -2.17. The molecule has 25 heavy (non-hydrogen) atoms. The van der Waals surface area contributed by atoms with Crippen molar-refractivity contribution in [3.8, 4) is 11.5 Å². The number of ether oxygens (including phenoxy) is 1. The summed E-state index contributed by atoms with van der Waals surface area (Å²) in [5.41, 5.74) is -1.46. The molecule has 0 aromatic heterocycles. The lowest BCUT2D eigenvalue weighted by Crippen LogP contribution is -2.16. The van der Waals surface area contributed by atoms with Crippen LogP contribution in [-0.4, -0.2) is 21.5 Å². The fourth-order valence-corrected chi connectivity index (χ4v) is 2.81. The Morgan fingerprint density at radius 1 is 0.960 bits per heavy atom. The first kappa shape index (κ1) is 19.0. The van der Waals surface area contributed by atoms with E-state index in [4.69, 9.17) is 0 Å². The van der Waals surface area contributed by atoms with Gasteiger partial charge in [0.15, 0.2) is 11.5 Å². The SMILES string of the molecule is O=S(=O)(Oc1c(OCC(F)F)cccc1C(F)(F)F)c1ccccc1. The summed E-state index contributed by atoms with van der Waals surface area (Å²) >= 11 is 0. The number of halogens is 5. The van der Waals surface area contributed by atoms with Crippen molar-refractivity contribution in [2.75, 3.05) is 6.61 Å². The molecular weight excluding hydrogens is 371 g/mol. The lowest BCUT2D eigenvalue weighted by atomic mass is 10.2. The number of hydrogen-bond acceptors (Lipinski definition) is 4. The van der Waals surface area contributed by atoms with Gasteiger partial charge in [0, 0.05) is 0 Å². The predicted molar refractivity (Wildman–Crippen MR) is 77.2 cm³/mol. The second kappa shape index (κ2) is 7.26. The maximum Gasteiger partial charge on any atom is 0.420 e. The molecule has 4 nitrogen and oxygen atoms in total. The van der Waals surface area contributed by atoms with Crippen molar-refractivity contribution in [2.45, 2.75) is 17.5 Å². The van der Waals surface area contributed by atoms with Gasteiger partial charge >= 0.3 is 16.3 Å². The zero-order chi connectivity index (χ0) is 18.7. The molecule has 0 heterocycles. The van der Waals surface area contributed by atoms with Gasteiger partial charge in [-0.3, -0.25) is 0 Å². The van der Waals surface area contributed by atoms with Gasteiger partial charge in [0.1, 0.15) is 17.1 Å². The normalized spacial score (nSPS) is 12.2. The number of alkyl halides is 5. The van der Waals surface area contributed by atoms with Crippen molar-refractivity contribution in [3.63, 3.8) is 0 Å². The first-order valence-corrected chi connectivity index (χ1v) is 8.13. The summed E-state index contributed by atoms with van der Waals surface area (Å²) in [6.07, 6.45) is -7.95. The number of rotatable bonds is 6. The summed E-state index contributed by atoms with van der Waals surface area (Å²) in [4.78, 5) is -0.396. The van der Waals surface area contributed by atoms with Crippen molar-refractivity contribution in [1.29, 1.82) is 0 Å². The molecule has 0 aliphatic heterocycles. The minimum atomic E-state index is -4.98. The average Bonchev–Trinajstić information content (AvgIpc) is 2.53. The summed E-state index contributed by atoms with van der Waals surface area (Å²) in [7, 11) is -4.62. The molecule has 0 N–H and O–H groups in total. The van der Waals surface area contributed by atoms with E-state index in [1.165, 1.54) is 18.2 Å².